The van der Waals surface area contributed by atoms with Gasteiger partial charge < -0.3 is 9.47 Å². The van der Waals surface area contributed by atoms with Crippen molar-refractivity contribution in [3.05, 3.63) is 35.9 Å². The van der Waals surface area contributed by atoms with Crippen LogP contribution in [0.4, 0.5) is 0 Å². The fourth-order valence-corrected chi connectivity index (χ4v) is 1.39. The van der Waals surface area contributed by atoms with Crippen LogP contribution in [0.25, 0.3) is 6.08 Å². The van der Waals surface area contributed by atoms with E-state index in [0.29, 0.717) is 6.61 Å². The van der Waals surface area contributed by atoms with Crippen LogP contribution in [-0.2, 0) is 9.53 Å². The molecule has 1 rings (SSSR count). The van der Waals surface area contributed by atoms with Gasteiger partial charge in [-0.15, -0.1) is 0 Å². The van der Waals surface area contributed by atoms with E-state index in [-0.39, 0.29) is 12.1 Å². The lowest BCUT2D eigenvalue weighted by molar-refractivity contribution is -0.137. The number of hydrogen-bond acceptors (Lipinski definition) is 3. The second-order valence-electron chi connectivity index (χ2n) is 4.21. The van der Waals surface area contributed by atoms with Crippen molar-refractivity contribution >= 4 is 12.0 Å². The Bertz CT molecular complexity index is 408. The maximum absolute atomic E-state index is 11.4. The minimum absolute atomic E-state index is 0.103. The number of carbonyl (C=O) groups excluding carboxylic acids is 1. The Morgan fingerprint density at radius 3 is 2.72 bits per heavy atom. The Morgan fingerprint density at radius 2 is 2.06 bits per heavy atom. The molecule has 0 atom stereocenters. The molecule has 0 aromatic heterocycles. The summed E-state index contributed by atoms with van der Waals surface area (Å²) in [6, 6.07) is 7.60. The Morgan fingerprint density at radius 1 is 1.33 bits per heavy atom. The van der Waals surface area contributed by atoms with Crippen LogP contribution < -0.4 is 4.74 Å². The summed E-state index contributed by atoms with van der Waals surface area (Å²) in [5, 5.41) is 0. The smallest absolute Gasteiger partial charge is 0.330 e. The van der Waals surface area contributed by atoms with E-state index < -0.39 is 0 Å². The van der Waals surface area contributed by atoms with Gasteiger partial charge in [0, 0.05) is 11.6 Å². The lowest BCUT2D eigenvalue weighted by atomic mass is 10.2. The van der Waals surface area contributed by atoms with E-state index >= 15 is 0 Å². The zero-order chi connectivity index (χ0) is 13.4. The summed E-state index contributed by atoms with van der Waals surface area (Å²) in [5.74, 6) is 0.447. The summed E-state index contributed by atoms with van der Waals surface area (Å²) in [7, 11) is 0. The highest BCUT2D eigenvalue weighted by molar-refractivity contribution is 5.87. The summed E-state index contributed by atoms with van der Waals surface area (Å²) in [5.41, 5.74) is 0.875. The lowest BCUT2D eigenvalue weighted by Gasteiger charge is -2.11. The zero-order valence-corrected chi connectivity index (χ0v) is 11.2. The van der Waals surface area contributed by atoms with Crippen LogP contribution in [0.15, 0.2) is 30.3 Å². The van der Waals surface area contributed by atoms with E-state index in [1.165, 1.54) is 6.08 Å². The minimum atomic E-state index is -0.323. The SMILES string of the molecule is CCCOC(=O)C=Cc1ccccc1OC(C)C. The number of rotatable bonds is 6. The second-order valence-corrected chi connectivity index (χ2v) is 4.21. The molecular formula is C15H20O3. The van der Waals surface area contributed by atoms with E-state index in [1.54, 1.807) is 6.08 Å². The van der Waals surface area contributed by atoms with Crippen LogP contribution in [0.1, 0.15) is 32.8 Å². The first-order valence-corrected chi connectivity index (χ1v) is 6.24. The van der Waals surface area contributed by atoms with Crippen molar-refractivity contribution in [3.8, 4) is 5.75 Å². The van der Waals surface area contributed by atoms with Crippen molar-refractivity contribution in [2.24, 2.45) is 0 Å². The number of benzene rings is 1. The van der Waals surface area contributed by atoms with E-state index in [4.69, 9.17) is 9.47 Å². The predicted octanol–water partition coefficient (Wildman–Crippen LogP) is 3.44. The topological polar surface area (TPSA) is 35.5 Å². The zero-order valence-electron chi connectivity index (χ0n) is 11.2. The van der Waals surface area contributed by atoms with Gasteiger partial charge in [0.05, 0.1) is 12.7 Å². The molecule has 0 unspecified atom stereocenters. The molecule has 18 heavy (non-hydrogen) atoms. The number of hydrogen-bond donors (Lipinski definition) is 0. The minimum Gasteiger partial charge on any atom is -0.490 e. The fourth-order valence-electron chi connectivity index (χ4n) is 1.39. The highest BCUT2D eigenvalue weighted by Crippen LogP contribution is 2.20. The molecule has 1 aromatic rings. The van der Waals surface area contributed by atoms with Crippen LogP contribution in [0.5, 0.6) is 5.75 Å². The lowest BCUT2D eigenvalue weighted by Crippen LogP contribution is -2.06. The molecule has 0 saturated carbocycles. The van der Waals surface area contributed by atoms with Crippen LogP contribution >= 0.6 is 0 Å². The maximum atomic E-state index is 11.4. The standard InChI is InChI=1S/C15H20O3/c1-4-11-17-15(16)10-9-13-7-5-6-8-14(13)18-12(2)3/h5-10,12H,4,11H2,1-3H3. The Balaban J connectivity index is 2.71. The third kappa shape index (κ3) is 5.04. The first-order chi connectivity index (χ1) is 8.63. The van der Waals surface area contributed by atoms with Gasteiger partial charge in [-0.2, -0.15) is 0 Å². The average Bonchev–Trinajstić information content (AvgIpc) is 2.34. The van der Waals surface area contributed by atoms with E-state index in [0.717, 1.165) is 17.7 Å². The van der Waals surface area contributed by atoms with Crippen LogP contribution in [-0.4, -0.2) is 18.7 Å². The van der Waals surface area contributed by atoms with Gasteiger partial charge in [0.25, 0.3) is 0 Å². The molecule has 98 valence electrons. The summed E-state index contributed by atoms with van der Waals surface area (Å²) < 4.78 is 10.6. The molecule has 0 amide bonds. The number of ether oxygens (including phenoxy) is 2. The Kier molecular flexibility index (Phi) is 5.98. The normalized spacial score (nSPS) is 10.9. The van der Waals surface area contributed by atoms with Crippen molar-refractivity contribution < 1.29 is 14.3 Å². The van der Waals surface area contributed by atoms with Crippen molar-refractivity contribution in [2.45, 2.75) is 33.3 Å². The third-order valence-corrected chi connectivity index (χ3v) is 2.13. The van der Waals surface area contributed by atoms with E-state index in [1.807, 2.05) is 45.0 Å². The molecule has 0 aliphatic carbocycles. The first-order valence-electron chi connectivity index (χ1n) is 6.24. The van der Waals surface area contributed by atoms with E-state index in [9.17, 15) is 4.79 Å². The fraction of sp³-hybridized carbons (Fsp3) is 0.400. The molecule has 0 spiro atoms. The molecule has 3 nitrogen and oxygen atoms in total. The second kappa shape index (κ2) is 7.54. The molecule has 0 aliphatic heterocycles. The van der Waals surface area contributed by atoms with Gasteiger partial charge in [-0.3, -0.25) is 0 Å². The van der Waals surface area contributed by atoms with Crippen LogP contribution in [0.2, 0.25) is 0 Å². The summed E-state index contributed by atoms with van der Waals surface area (Å²) >= 11 is 0. The van der Waals surface area contributed by atoms with Gasteiger partial charge >= 0.3 is 5.97 Å². The van der Waals surface area contributed by atoms with Gasteiger partial charge in [-0.1, -0.05) is 25.1 Å². The number of esters is 1. The summed E-state index contributed by atoms with van der Waals surface area (Å²) in [6.45, 7) is 6.35. The van der Waals surface area contributed by atoms with Gasteiger partial charge in [-0.25, -0.2) is 4.79 Å². The predicted molar refractivity (Wildman–Crippen MR) is 72.5 cm³/mol. The number of para-hydroxylation sites is 1. The van der Waals surface area contributed by atoms with E-state index in [2.05, 4.69) is 0 Å². The highest BCUT2D eigenvalue weighted by Gasteiger charge is 2.03. The summed E-state index contributed by atoms with van der Waals surface area (Å²) in [4.78, 5) is 11.4. The van der Waals surface area contributed by atoms with Crippen LogP contribution in [0, 0.1) is 0 Å². The molecule has 1 aromatic carbocycles. The molecule has 0 saturated heterocycles. The molecule has 0 fully saturated rings. The average molecular weight is 248 g/mol. The van der Waals surface area contributed by atoms with Crippen molar-refractivity contribution in [3.63, 3.8) is 0 Å². The molecular weight excluding hydrogens is 228 g/mol. The first kappa shape index (κ1) is 14.3. The highest BCUT2D eigenvalue weighted by atomic mass is 16.5. The molecule has 0 bridgehead atoms. The van der Waals surface area contributed by atoms with Crippen LogP contribution in [0.3, 0.4) is 0 Å². The van der Waals surface area contributed by atoms with Gasteiger partial charge in [0.15, 0.2) is 0 Å². The van der Waals surface area contributed by atoms with Gasteiger partial charge in [0.2, 0.25) is 0 Å². The molecule has 0 radical (unpaired) electrons. The molecule has 3 heteroatoms. The molecule has 0 aliphatic rings. The Labute approximate surface area is 108 Å². The monoisotopic (exact) mass is 248 g/mol. The Hall–Kier alpha value is -1.77. The quantitative estimate of drug-likeness (QED) is 0.571. The van der Waals surface area contributed by atoms with Crippen molar-refractivity contribution in [2.75, 3.05) is 6.61 Å². The maximum Gasteiger partial charge on any atom is 0.330 e. The third-order valence-electron chi connectivity index (χ3n) is 2.13. The van der Waals surface area contributed by atoms with Crippen molar-refractivity contribution in [1.29, 1.82) is 0 Å². The summed E-state index contributed by atoms with van der Waals surface area (Å²) in [6.07, 6.45) is 4.08. The molecule has 0 N–H and O–H groups in total. The largest absolute Gasteiger partial charge is 0.490 e. The van der Waals surface area contributed by atoms with Gasteiger partial charge in [0.1, 0.15) is 5.75 Å². The van der Waals surface area contributed by atoms with Crippen molar-refractivity contribution in [1.82, 2.24) is 0 Å². The number of carbonyl (C=O) groups is 1. The van der Waals surface area contributed by atoms with Gasteiger partial charge in [-0.05, 0) is 32.4 Å². The molecule has 0 heterocycles.